The average molecular weight is 386 g/mol. The molecule has 2 N–H and O–H groups in total. The van der Waals surface area contributed by atoms with Gasteiger partial charge >= 0.3 is 0 Å². The predicted molar refractivity (Wildman–Crippen MR) is 118 cm³/mol. The number of hydrazine groups is 1. The van der Waals surface area contributed by atoms with Crippen molar-refractivity contribution in [3.8, 4) is 0 Å². The van der Waals surface area contributed by atoms with Crippen molar-refractivity contribution in [2.75, 3.05) is 38.0 Å². The molecule has 5 nitrogen and oxygen atoms in total. The number of nitrogens with two attached hydrogens (primary N) is 1. The summed E-state index contributed by atoms with van der Waals surface area (Å²) in [5.41, 5.74) is 4.78. The van der Waals surface area contributed by atoms with Gasteiger partial charge in [-0.25, -0.2) is 5.84 Å². The number of nitrogens with zero attached hydrogens (tertiary/aromatic N) is 3. The summed E-state index contributed by atoms with van der Waals surface area (Å²) in [6.07, 6.45) is 0. The third-order valence-electron chi connectivity index (χ3n) is 5.73. The highest BCUT2D eigenvalue weighted by molar-refractivity contribution is 6.01. The lowest BCUT2D eigenvalue weighted by Crippen LogP contribution is -2.50. The van der Waals surface area contributed by atoms with Crippen molar-refractivity contribution in [1.82, 2.24) is 5.01 Å². The number of hydrogen-bond donors (Lipinski definition) is 1. The minimum Gasteiger partial charge on any atom is -0.378 e. The number of hydrogen-bond acceptors (Lipinski definition) is 4. The Hall–Kier alpha value is -3.31. The minimum atomic E-state index is -0.872. The molecule has 0 fully saturated rings. The molecular weight excluding hydrogens is 360 g/mol. The Labute approximate surface area is 171 Å². The third kappa shape index (κ3) is 2.77. The third-order valence-corrected chi connectivity index (χ3v) is 5.73. The molecule has 0 spiro atoms. The smallest absolute Gasteiger partial charge is 0.269 e. The Balaban J connectivity index is 1.99. The van der Waals surface area contributed by atoms with Crippen LogP contribution in [0.3, 0.4) is 0 Å². The molecule has 29 heavy (non-hydrogen) atoms. The zero-order valence-electron chi connectivity index (χ0n) is 17.3. The molecule has 0 aliphatic carbocycles. The van der Waals surface area contributed by atoms with E-state index in [1.807, 2.05) is 52.5 Å². The topological polar surface area (TPSA) is 52.8 Å². The van der Waals surface area contributed by atoms with E-state index >= 15 is 0 Å². The molecule has 3 aromatic carbocycles. The van der Waals surface area contributed by atoms with Gasteiger partial charge in [0.1, 0.15) is 5.54 Å². The van der Waals surface area contributed by atoms with E-state index < -0.39 is 5.54 Å². The summed E-state index contributed by atoms with van der Waals surface area (Å²) in [5.74, 6) is 6.36. The van der Waals surface area contributed by atoms with Crippen LogP contribution in [0.1, 0.15) is 27.0 Å². The van der Waals surface area contributed by atoms with Gasteiger partial charge in [0.15, 0.2) is 0 Å². The first-order valence-electron chi connectivity index (χ1n) is 9.62. The normalized spacial score (nSPS) is 14.7. The molecule has 0 aromatic heterocycles. The van der Waals surface area contributed by atoms with Gasteiger partial charge in [0, 0.05) is 50.7 Å². The van der Waals surface area contributed by atoms with E-state index in [9.17, 15) is 4.79 Å². The molecule has 0 unspecified atom stereocenters. The van der Waals surface area contributed by atoms with Crippen molar-refractivity contribution >= 4 is 17.3 Å². The summed E-state index contributed by atoms with van der Waals surface area (Å²) in [5, 5.41) is 1.38. The quantitative estimate of drug-likeness (QED) is 0.551. The fourth-order valence-corrected chi connectivity index (χ4v) is 4.15. The fraction of sp³-hybridized carbons (Fsp3) is 0.208. The Bertz CT molecular complexity index is 988. The number of fused-ring (bicyclic) bond motifs is 1. The molecule has 0 radical (unpaired) electrons. The average Bonchev–Trinajstić information content (AvgIpc) is 2.96. The van der Waals surface area contributed by atoms with Crippen molar-refractivity contribution < 1.29 is 4.79 Å². The van der Waals surface area contributed by atoms with Crippen LogP contribution in [0.5, 0.6) is 0 Å². The van der Waals surface area contributed by atoms with Crippen LogP contribution in [0, 0.1) is 0 Å². The van der Waals surface area contributed by atoms with E-state index in [1.165, 1.54) is 5.01 Å². The first-order chi connectivity index (χ1) is 13.9. The highest BCUT2D eigenvalue weighted by atomic mass is 16.2. The molecule has 0 saturated heterocycles. The maximum atomic E-state index is 13.1. The SMILES string of the molecule is CN(C)c1ccc(C2(c3ccc(N(C)C)cc3)c3ccccc3C(=O)N2N)cc1. The molecule has 1 heterocycles. The molecule has 4 rings (SSSR count). The second-order valence-corrected chi connectivity index (χ2v) is 7.81. The molecule has 0 atom stereocenters. The molecule has 3 aromatic rings. The predicted octanol–water partition coefficient (Wildman–Crippen LogP) is 3.44. The van der Waals surface area contributed by atoms with Gasteiger partial charge in [-0.05, 0) is 41.5 Å². The van der Waals surface area contributed by atoms with Crippen LogP contribution >= 0.6 is 0 Å². The van der Waals surface area contributed by atoms with Gasteiger partial charge in [0.05, 0.1) is 0 Å². The number of carbonyl (C=O) groups is 1. The maximum Gasteiger partial charge on any atom is 0.269 e. The maximum absolute atomic E-state index is 13.1. The van der Waals surface area contributed by atoms with Crippen LogP contribution in [0.15, 0.2) is 72.8 Å². The van der Waals surface area contributed by atoms with Crippen molar-refractivity contribution in [2.45, 2.75) is 5.54 Å². The van der Waals surface area contributed by atoms with Gasteiger partial charge in [-0.15, -0.1) is 0 Å². The first-order valence-corrected chi connectivity index (χ1v) is 9.62. The Kier molecular flexibility index (Phi) is 4.55. The van der Waals surface area contributed by atoms with Gasteiger partial charge in [-0.1, -0.05) is 42.5 Å². The molecular formula is C24H26N4O. The van der Waals surface area contributed by atoms with Crippen LogP contribution in [-0.2, 0) is 5.54 Å². The monoisotopic (exact) mass is 386 g/mol. The highest BCUT2D eigenvalue weighted by Crippen LogP contribution is 2.47. The van der Waals surface area contributed by atoms with E-state index in [4.69, 9.17) is 5.84 Å². The second-order valence-electron chi connectivity index (χ2n) is 7.81. The molecule has 1 aliphatic rings. The van der Waals surface area contributed by atoms with Gasteiger partial charge in [-0.2, -0.15) is 0 Å². The summed E-state index contributed by atoms with van der Waals surface area (Å²) in [6.45, 7) is 0. The number of rotatable bonds is 4. The van der Waals surface area contributed by atoms with E-state index in [2.05, 4.69) is 58.3 Å². The number of amides is 1. The van der Waals surface area contributed by atoms with Crippen LogP contribution in [0.25, 0.3) is 0 Å². The van der Waals surface area contributed by atoms with Crippen molar-refractivity contribution in [2.24, 2.45) is 5.84 Å². The molecule has 1 amide bonds. The highest BCUT2D eigenvalue weighted by Gasteiger charge is 2.51. The van der Waals surface area contributed by atoms with E-state index in [0.29, 0.717) is 5.56 Å². The largest absolute Gasteiger partial charge is 0.378 e. The van der Waals surface area contributed by atoms with Gasteiger partial charge in [-0.3, -0.25) is 9.80 Å². The van der Waals surface area contributed by atoms with E-state index in [-0.39, 0.29) is 5.91 Å². The van der Waals surface area contributed by atoms with Crippen LogP contribution in [0.2, 0.25) is 0 Å². The lowest BCUT2D eigenvalue weighted by atomic mass is 9.77. The Morgan fingerprint density at radius 3 is 1.62 bits per heavy atom. The molecule has 5 heteroatoms. The summed E-state index contributed by atoms with van der Waals surface area (Å²) < 4.78 is 0. The zero-order chi connectivity index (χ0) is 20.8. The standard InChI is InChI=1S/C24H26N4O/c1-26(2)19-13-9-17(10-14-19)24(18-11-15-20(16-12-18)27(3)4)22-8-6-5-7-21(22)23(29)28(24)25/h5-16H,25H2,1-4H3. The van der Waals surface area contributed by atoms with E-state index in [0.717, 1.165) is 28.1 Å². The lowest BCUT2D eigenvalue weighted by Gasteiger charge is -2.38. The van der Waals surface area contributed by atoms with Gasteiger partial charge in [0.2, 0.25) is 0 Å². The molecule has 1 aliphatic heterocycles. The lowest BCUT2D eigenvalue weighted by molar-refractivity contribution is 0.0677. The number of benzene rings is 3. The minimum absolute atomic E-state index is 0.172. The Morgan fingerprint density at radius 1 is 0.724 bits per heavy atom. The fourth-order valence-electron chi connectivity index (χ4n) is 4.15. The number of carbonyl (C=O) groups excluding carboxylic acids is 1. The summed E-state index contributed by atoms with van der Waals surface area (Å²) in [6, 6.07) is 24.2. The van der Waals surface area contributed by atoms with Gasteiger partial charge < -0.3 is 9.80 Å². The van der Waals surface area contributed by atoms with Crippen molar-refractivity contribution in [1.29, 1.82) is 0 Å². The molecule has 148 valence electrons. The number of anilines is 2. The molecule has 0 saturated carbocycles. The second kappa shape index (κ2) is 6.94. The summed E-state index contributed by atoms with van der Waals surface area (Å²) in [4.78, 5) is 17.2. The van der Waals surface area contributed by atoms with Crippen molar-refractivity contribution in [3.63, 3.8) is 0 Å². The van der Waals surface area contributed by atoms with Crippen LogP contribution in [0.4, 0.5) is 11.4 Å². The summed E-state index contributed by atoms with van der Waals surface area (Å²) in [7, 11) is 8.03. The molecule has 0 bridgehead atoms. The van der Waals surface area contributed by atoms with Crippen LogP contribution < -0.4 is 15.6 Å². The van der Waals surface area contributed by atoms with Crippen LogP contribution in [-0.4, -0.2) is 39.1 Å². The Morgan fingerprint density at radius 2 is 1.17 bits per heavy atom. The first kappa shape index (κ1) is 19.0. The summed E-state index contributed by atoms with van der Waals surface area (Å²) >= 11 is 0. The van der Waals surface area contributed by atoms with Crippen molar-refractivity contribution in [3.05, 3.63) is 95.1 Å². The zero-order valence-corrected chi connectivity index (χ0v) is 17.3. The van der Waals surface area contributed by atoms with Gasteiger partial charge in [0.25, 0.3) is 5.91 Å². The van der Waals surface area contributed by atoms with E-state index in [1.54, 1.807) is 0 Å².